The van der Waals surface area contributed by atoms with Gasteiger partial charge in [0.15, 0.2) is 0 Å². The molecule has 1 saturated heterocycles. The zero-order chi connectivity index (χ0) is 17.2. The number of nitrogens with one attached hydrogen (secondary N) is 1. The number of nitrogens with zero attached hydrogens (tertiary/aromatic N) is 2. The van der Waals surface area contributed by atoms with Crippen LogP contribution in [0.3, 0.4) is 0 Å². The normalized spacial score (nSPS) is 19.7. The summed E-state index contributed by atoms with van der Waals surface area (Å²) in [6.45, 7) is 6.05. The van der Waals surface area contributed by atoms with Gasteiger partial charge in [0.2, 0.25) is 0 Å². The van der Waals surface area contributed by atoms with Gasteiger partial charge in [0.05, 0.1) is 6.42 Å². The highest BCUT2D eigenvalue weighted by atomic mass is 16.5. The molecule has 4 rings (SSSR count). The van der Waals surface area contributed by atoms with E-state index in [9.17, 15) is 4.79 Å². The number of pyridine rings is 1. The maximum absolute atomic E-state index is 11.4. The van der Waals surface area contributed by atoms with Crippen LogP contribution in [0, 0.1) is 12.8 Å². The standard InChI is InChI=1S/C20H23N3O2/c1-14-3-2-4-19(22-14)21-11-16-7-8-23(13-16)12-15-5-6-17-10-20(24)25-18(17)9-15/h2-6,9,16H,7-8,10-13H2,1H3,(H,21,22). The second-order valence-corrected chi connectivity index (χ2v) is 7.03. The molecule has 3 heterocycles. The van der Waals surface area contributed by atoms with Crippen LogP contribution < -0.4 is 10.1 Å². The Morgan fingerprint density at radius 1 is 1.32 bits per heavy atom. The third-order valence-corrected chi connectivity index (χ3v) is 4.93. The highest BCUT2D eigenvalue weighted by Gasteiger charge is 2.24. The van der Waals surface area contributed by atoms with Gasteiger partial charge >= 0.3 is 5.97 Å². The number of benzene rings is 1. The Kier molecular flexibility index (Phi) is 4.40. The van der Waals surface area contributed by atoms with Gasteiger partial charge in [-0.05, 0) is 49.6 Å². The molecule has 1 aromatic carbocycles. The number of anilines is 1. The number of rotatable bonds is 5. The number of fused-ring (bicyclic) bond motifs is 1. The van der Waals surface area contributed by atoms with Gasteiger partial charge in [-0.3, -0.25) is 9.69 Å². The van der Waals surface area contributed by atoms with Crippen molar-refractivity contribution < 1.29 is 9.53 Å². The molecule has 0 aliphatic carbocycles. The fraction of sp³-hybridized carbons (Fsp3) is 0.400. The molecule has 5 nitrogen and oxygen atoms in total. The molecule has 0 spiro atoms. The van der Waals surface area contributed by atoms with Crippen molar-refractivity contribution in [1.29, 1.82) is 0 Å². The van der Waals surface area contributed by atoms with Gasteiger partial charge in [0, 0.05) is 30.9 Å². The number of esters is 1. The van der Waals surface area contributed by atoms with Crippen molar-refractivity contribution >= 4 is 11.8 Å². The van der Waals surface area contributed by atoms with Gasteiger partial charge in [0.25, 0.3) is 0 Å². The maximum atomic E-state index is 11.4. The van der Waals surface area contributed by atoms with Crippen molar-refractivity contribution in [2.75, 3.05) is 25.0 Å². The van der Waals surface area contributed by atoms with Crippen LogP contribution in [0.2, 0.25) is 0 Å². The Morgan fingerprint density at radius 3 is 3.12 bits per heavy atom. The van der Waals surface area contributed by atoms with Gasteiger partial charge in [-0.2, -0.15) is 0 Å². The fourth-order valence-corrected chi connectivity index (χ4v) is 3.62. The largest absolute Gasteiger partial charge is 0.426 e. The van der Waals surface area contributed by atoms with Crippen molar-refractivity contribution in [3.05, 3.63) is 53.2 Å². The summed E-state index contributed by atoms with van der Waals surface area (Å²) in [5.74, 6) is 2.18. The summed E-state index contributed by atoms with van der Waals surface area (Å²) in [5, 5.41) is 3.46. The summed E-state index contributed by atoms with van der Waals surface area (Å²) < 4.78 is 5.26. The van der Waals surface area contributed by atoms with Crippen molar-refractivity contribution in [2.45, 2.75) is 26.3 Å². The van der Waals surface area contributed by atoms with E-state index in [-0.39, 0.29) is 5.97 Å². The van der Waals surface area contributed by atoms with Crippen molar-refractivity contribution in [1.82, 2.24) is 9.88 Å². The van der Waals surface area contributed by atoms with E-state index >= 15 is 0 Å². The fourth-order valence-electron chi connectivity index (χ4n) is 3.62. The third-order valence-electron chi connectivity index (χ3n) is 4.93. The maximum Gasteiger partial charge on any atom is 0.315 e. The Morgan fingerprint density at radius 2 is 2.24 bits per heavy atom. The summed E-state index contributed by atoms with van der Waals surface area (Å²) >= 11 is 0. The van der Waals surface area contributed by atoms with E-state index in [2.05, 4.69) is 21.3 Å². The minimum absolute atomic E-state index is 0.149. The monoisotopic (exact) mass is 337 g/mol. The minimum atomic E-state index is -0.149. The van der Waals surface area contributed by atoms with Gasteiger partial charge in [-0.15, -0.1) is 0 Å². The summed E-state index contributed by atoms with van der Waals surface area (Å²) in [6.07, 6.45) is 1.60. The summed E-state index contributed by atoms with van der Waals surface area (Å²) in [4.78, 5) is 18.3. The van der Waals surface area contributed by atoms with Gasteiger partial charge < -0.3 is 10.1 Å². The lowest BCUT2D eigenvalue weighted by atomic mass is 10.1. The Hall–Kier alpha value is -2.40. The summed E-state index contributed by atoms with van der Waals surface area (Å²) in [7, 11) is 0. The first-order valence-electron chi connectivity index (χ1n) is 8.88. The lowest BCUT2D eigenvalue weighted by Gasteiger charge is -2.17. The second-order valence-electron chi connectivity index (χ2n) is 7.03. The quantitative estimate of drug-likeness (QED) is 0.672. The highest BCUT2D eigenvalue weighted by molar-refractivity contribution is 5.81. The summed E-state index contributed by atoms with van der Waals surface area (Å²) in [6, 6.07) is 12.2. The molecule has 25 heavy (non-hydrogen) atoms. The molecule has 0 radical (unpaired) electrons. The molecule has 2 aliphatic rings. The van der Waals surface area contributed by atoms with Crippen LogP contribution >= 0.6 is 0 Å². The van der Waals surface area contributed by atoms with E-state index in [1.54, 1.807) is 0 Å². The molecule has 1 aromatic heterocycles. The van der Waals surface area contributed by atoms with Crippen LogP contribution in [0.1, 0.15) is 23.2 Å². The second kappa shape index (κ2) is 6.84. The highest BCUT2D eigenvalue weighted by Crippen LogP contribution is 2.28. The predicted molar refractivity (Wildman–Crippen MR) is 96.6 cm³/mol. The first-order valence-corrected chi connectivity index (χ1v) is 8.88. The molecule has 2 aromatic rings. The molecule has 5 heteroatoms. The number of hydrogen-bond donors (Lipinski definition) is 1. The molecule has 130 valence electrons. The SMILES string of the molecule is Cc1cccc(NCC2CCN(Cc3ccc4c(c3)OC(=O)C4)C2)n1. The number of aryl methyl sites for hydroxylation is 1. The lowest BCUT2D eigenvalue weighted by Crippen LogP contribution is -2.22. The van der Waals surface area contributed by atoms with Crippen LogP contribution in [0.15, 0.2) is 36.4 Å². The van der Waals surface area contributed by atoms with Crippen LogP contribution in [-0.2, 0) is 17.8 Å². The molecule has 1 fully saturated rings. The predicted octanol–water partition coefficient (Wildman–Crippen LogP) is 2.79. The smallest absolute Gasteiger partial charge is 0.315 e. The number of carbonyl (C=O) groups is 1. The molecule has 0 saturated carbocycles. The number of aromatic nitrogens is 1. The molecule has 0 bridgehead atoms. The molecule has 1 unspecified atom stereocenters. The molecule has 1 atom stereocenters. The van der Waals surface area contributed by atoms with Crippen molar-refractivity contribution in [3.63, 3.8) is 0 Å². The van der Waals surface area contributed by atoms with Crippen LogP contribution in [0.25, 0.3) is 0 Å². The van der Waals surface area contributed by atoms with Crippen molar-refractivity contribution in [2.24, 2.45) is 5.92 Å². The summed E-state index contributed by atoms with van der Waals surface area (Å²) in [5.41, 5.74) is 3.25. The Bertz CT molecular complexity index is 790. The zero-order valence-corrected chi connectivity index (χ0v) is 14.5. The topological polar surface area (TPSA) is 54.5 Å². The first kappa shape index (κ1) is 16.1. The molecule has 2 aliphatic heterocycles. The van der Waals surface area contributed by atoms with E-state index in [1.165, 1.54) is 12.0 Å². The van der Waals surface area contributed by atoms with Crippen LogP contribution in [0.4, 0.5) is 5.82 Å². The Labute approximate surface area is 148 Å². The Balaban J connectivity index is 1.29. The average Bonchev–Trinajstić information content (AvgIpc) is 3.18. The first-order chi connectivity index (χ1) is 12.2. The molecular formula is C20H23N3O2. The number of likely N-dealkylation sites (tertiary alicyclic amines) is 1. The third kappa shape index (κ3) is 3.82. The van der Waals surface area contributed by atoms with Crippen LogP contribution in [-0.4, -0.2) is 35.5 Å². The van der Waals surface area contributed by atoms with Gasteiger partial charge in [0.1, 0.15) is 11.6 Å². The van der Waals surface area contributed by atoms with E-state index < -0.39 is 0 Å². The number of ether oxygens (including phenoxy) is 1. The zero-order valence-electron chi connectivity index (χ0n) is 14.5. The van der Waals surface area contributed by atoms with E-state index in [1.807, 2.05) is 37.3 Å². The minimum Gasteiger partial charge on any atom is -0.426 e. The van der Waals surface area contributed by atoms with E-state index in [0.717, 1.165) is 49.0 Å². The lowest BCUT2D eigenvalue weighted by molar-refractivity contribution is -0.131. The average molecular weight is 337 g/mol. The van der Waals surface area contributed by atoms with Crippen LogP contribution in [0.5, 0.6) is 5.75 Å². The number of carbonyl (C=O) groups excluding carboxylic acids is 1. The van der Waals surface area contributed by atoms with Gasteiger partial charge in [-0.1, -0.05) is 18.2 Å². The van der Waals surface area contributed by atoms with E-state index in [0.29, 0.717) is 12.3 Å². The molecule has 1 N–H and O–H groups in total. The van der Waals surface area contributed by atoms with Gasteiger partial charge in [-0.25, -0.2) is 4.98 Å². The molecular weight excluding hydrogens is 314 g/mol. The van der Waals surface area contributed by atoms with E-state index in [4.69, 9.17) is 4.74 Å². The molecule has 0 amide bonds. The van der Waals surface area contributed by atoms with Crippen molar-refractivity contribution in [3.8, 4) is 5.75 Å². The number of hydrogen-bond acceptors (Lipinski definition) is 5.